The number of aromatic carboxylic acids is 1. The number of hydrogen-bond donors (Lipinski definition) is 2. The highest BCUT2D eigenvalue weighted by Gasteiger charge is 2.30. The number of urea groups is 1. The van der Waals surface area contributed by atoms with Gasteiger partial charge in [-0.05, 0) is 49.4 Å². The Morgan fingerprint density at radius 3 is 2.32 bits per heavy atom. The van der Waals surface area contributed by atoms with Crippen LogP contribution in [0.3, 0.4) is 0 Å². The van der Waals surface area contributed by atoms with E-state index in [9.17, 15) is 19.5 Å². The number of ether oxygens (including phenoxy) is 1. The monoisotopic (exact) mass is 389 g/mol. The molecule has 3 rings (SSSR count). The Hall–Kier alpha value is -2.61. The van der Waals surface area contributed by atoms with E-state index in [0.717, 1.165) is 25.9 Å². The molecule has 8 nitrogen and oxygen atoms in total. The molecular formula is C20H27N3O5. The number of benzene rings is 1. The standard InChI is InChI=1S/C20H27N3O5/c1-28-13-14-10-16(19(25)26)12-17(11-14)21-18(24)15-4-8-23(9-5-15)20(27)22-6-2-3-7-22/h10-12,15H,2-9,13H2,1H3,(H,21,24)(H,25,26). The molecule has 0 unspecified atom stereocenters. The lowest BCUT2D eigenvalue weighted by Crippen LogP contribution is -2.47. The van der Waals surface area contributed by atoms with Crippen molar-refractivity contribution in [2.24, 2.45) is 5.92 Å². The van der Waals surface area contributed by atoms with Gasteiger partial charge in [0, 0.05) is 44.9 Å². The number of anilines is 1. The molecule has 2 N–H and O–H groups in total. The molecule has 1 aromatic rings. The topological polar surface area (TPSA) is 99.2 Å². The van der Waals surface area contributed by atoms with Crippen molar-refractivity contribution in [2.75, 3.05) is 38.6 Å². The Bertz CT molecular complexity index is 737. The molecule has 2 heterocycles. The van der Waals surface area contributed by atoms with Crippen LogP contribution < -0.4 is 5.32 Å². The number of nitrogens with one attached hydrogen (secondary N) is 1. The molecule has 0 aliphatic carbocycles. The van der Waals surface area contributed by atoms with Crippen LogP contribution in [0, 0.1) is 5.92 Å². The van der Waals surface area contributed by atoms with Crippen molar-refractivity contribution in [3.63, 3.8) is 0 Å². The molecule has 0 saturated carbocycles. The maximum atomic E-state index is 12.6. The van der Waals surface area contributed by atoms with E-state index in [1.165, 1.54) is 19.2 Å². The van der Waals surface area contributed by atoms with Crippen molar-refractivity contribution in [1.82, 2.24) is 9.80 Å². The first-order valence-electron chi connectivity index (χ1n) is 9.69. The van der Waals surface area contributed by atoms with Gasteiger partial charge in [0.15, 0.2) is 0 Å². The van der Waals surface area contributed by atoms with Gasteiger partial charge in [0.05, 0.1) is 12.2 Å². The second-order valence-electron chi connectivity index (χ2n) is 7.38. The minimum atomic E-state index is -1.05. The van der Waals surface area contributed by atoms with Crippen molar-refractivity contribution in [2.45, 2.75) is 32.3 Å². The predicted molar refractivity (Wildman–Crippen MR) is 103 cm³/mol. The zero-order chi connectivity index (χ0) is 20.1. The molecule has 0 bridgehead atoms. The van der Waals surface area contributed by atoms with Gasteiger partial charge >= 0.3 is 12.0 Å². The average Bonchev–Trinajstić information content (AvgIpc) is 3.22. The third-order valence-corrected chi connectivity index (χ3v) is 5.33. The van der Waals surface area contributed by atoms with Crippen molar-refractivity contribution < 1.29 is 24.2 Å². The van der Waals surface area contributed by atoms with Gasteiger partial charge in [-0.15, -0.1) is 0 Å². The minimum absolute atomic E-state index is 0.0784. The number of amides is 3. The van der Waals surface area contributed by atoms with Crippen molar-refractivity contribution in [3.05, 3.63) is 29.3 Å². The summed E-state index contributed by atoms with van der Waals surface area (Å²) in [5.74, 6) is -1.39. The average molecular weight is 389 g/mol. The lowest BCUT2D eigenvalue weighted by molar-refractivity contribution is -0.121. The maximum absolute atomic E-state index is 12.6. The van der Waals surface area contributed by atoms with E-state index < -0.39 is 5.97 Å². The summed E-state index contributed by atoms with van der Waals surface area (Å²) in [4.78, 5) is 40.1. The predicted octanol–water partition coefficient (Wildman–Crippen LogP) is 2.40. The molecule has 2 saturated heterocycles. The van der Waals surface area contributed by atoms with E-state index in [4.69, 9.17) is 4.74 Å². The summed E-state index contributed by atoms with van der Waals surface area (Å²) in [6.45, 7) is 3.04. The van der Waals surface area contributed by atoms with Crippen LogP contribution in [0.1, 0.15) is 41.6 Å². The Labute approximate surface area is 164 Å². The zero-order valence-electron chi connectivity index (χ0n) is 16.1. The van der Waals surface area contributed by atoms with Gasteiger partial charge in [0.2, 0.25) is 5.91 Å². The number of likely N-dealkylation sites (tertiary alicyclic amines) is 2. The van der Waals surface area contributed by atoms with Gasteiger partial charge in [-0.3, -0.25) is 4.79 Å². The lowest BCUT2D eigenvalue weighted by Gasteiger charge is -2.34. The van der Waals surface area contributed by atoms with Gasteiger partial charge in [0.25, 0.3) is 0 Å². The summed E-state index contributed by atoms with van der Waals surface area (Å²) in [5.41, 5.74) is 1.24. The number of hydrogen-bond acceptors (Lipinski definition) is 4. The highest BCUT2D eigenvalue weighted by atomic mass is 16.5. The van der Waals surface area contributed by atoms with Crippen LogP contribution in [0.2, 0.25) is 0 Å². The molecule has 2 fully saturated rings. The smallest absolute Gasteiger partial charge is 0.335 e. The fourth-order valence-corrected chi connectivity index (χ4v) is 3.82. The summed E-state index contributed by atoms with van der Waals surface area (Å²) in [6, 6.07) is 4.78. The molecule has 2 aliphatic heterocycles. The first-order valence-corrected chi connectivity index (χ1v) is 9.69. The third-order valence-electron chi connectivity index (χ3n) is 5.33. The number of rotatable bonds is 5. The number of carbonyl (C=O) groups excluding carboxylic acids is 2. The van der Waals surface area contributed by atoms with E-state index >= 15 is 0 Å². The third kappa shape index (κ3) is 4.81. The SMILES string of the molecule is COCc1cc(NC(=O)C2CCN(C(=O)N3CCCC3)CC2)cc(C(=O)O)c1. The van der Waals surface area contributed by atoms with Crippen molar-refractivity contribution >= 4 is 23.6 Å². The van der Waals surface area contributed by atoms with E-state index in [2.05, 4.69) is 5.32 Å². The minimum Gasteiger partial charge on any atom is -0.478 e. The van der Waals surface area contributed by atoms with Gasteiger partial charge in [-0.1, -0.05) is 0 Å². The number of carbonyl (C=O) groups is 3. The highest BCUT2D eigenvalue weighted by Crippen LogP contribution is 2.23. The molecule has 0 spiro atoms. The number of piperidine rings is 1. The highest BCUT2D eigenvalue weighted by molar-refractivity contribution is 5.95. The number of nitrogens with zero attached hydrogens (tertiary/aromatic N) is 2. The summed E-state index contributed by atoms with van der Waals surface area (Å²) in [6.07, 6.45) is 3.33. The van der Waals surface area contributed by atoms with E-state index in [-0.39, 0.29) is 30.0 Å². The fraction of sp³-hybridized carbons (Fsp3) is 0.550. The Balaban J connectivity index is 1.58. The number of carboxylic acids is 1. The maximum Gasteiger partial charge on any atom is 0.335 e. The van der Waals surface area contributed by atoms with Gasteiger partial charge in [-0.2, -0.15) is 0 Å². The summed E-state index contributed by atoms with van der Waals surface area (Å²) < 4.78 is 5.07. The molecule has 0 atom stereocenters. The van der Waals surface area contributed by atoms with Crippen LogP contribution in [0.4, 0.5) is 10.5 Å². The van der Waals surface area contributed by atoms with Crippen LogP contribution in [-0.4, -0.2) is 66.1 Å². The molecule has 3 amide bonds. The van der Waals surface area contributed by atoms with Crippen LogP contribution in [0.15, 0.2) is 18.2 Å². The first kappa shape index (κ1) is 20.1. The molecule has 152 valence electrons. The second-order valence-corrected chi connectivity index (χ2v) is 7.38. The molecule has 2 aliphatic rings. The molecule has 1 aromatic carbocycles. The van der Waals surface area contributed by atoms with Crippen LogP contribution in [-0.2, 0) is 16.1 Å². The van der Waals surface area contributed by atoms with Gasteiger partial charge in [0.1, 0.15) is 0 Å². The molecule has 8 heteroatoms. The fourth-order valence-electron chi connectivity index (χ4n) is 3.82. The Morgan fingerprint density at radius 2 is 1.71 bits per heavy atom. The normalized spacial score (nSPS) is 17.6. The summed E-state index contributed by atoms with van der Waals surface area (Å²) in [5, 5.41) is 12.1. The number of carboxylic acid groups (broad SMARTS) is 1. The second kappa shape index (κ2) is 9.05. The zero-order valence-corrected chi connectivity index (χ0v) is 16.1. The van der Waals surface area contributed by atoms with Crippen LogP contribution >= 0.6 is 0 Å². The summed E-state index contributed by atoms with van der Waals surface area (Å²) in [7, 11) is 1.53. The number of methoxy groups -OCH3 is 1. The molecule has 0 aromatic heterocycles. The van der Waals surface area contributed by atoms with E-state index in [1.54, 1.807) is 6.07 Å². The van der Waals surface area contributed by atoms with Gasteiger partial charge < -0.3 is 25.0 Å². The lowest BCUT2D eigenvalue weighted by atomic mass is 9.96. The Kier molecular flexibility index (Phi) is 6.51. The molecule has 0 radical (unpaired) electrons. The van der Waals surface area contributed by atoms with E-state index in [1.807, 2.05) is 9.80 Å². The Morgan fingerprint density at radius 1 is 1.07 bits per heavy atom. The molecule has 28 heavy (non-hydrogen) atoms. The van der Waals surface area contributed by atoms with Crippen molar-refractivity contribution in [1.29, 1.82) is 0 Å². The quantitative estimate of drug-likeness (QED) is 0.806. The van der Waals surface area contributed by atoms with Crippen molar-refractivity contribution in [3.8, 4) is 0 Å². The largest absolute Gasteiger partial charge is 0.478 e. The van der Waals surface area contributed by atoms with E-state index in [0.29, 0.717) is 37.2 Å². The van der Waals surface area contributed by atoms with Crippen LogP contribution in [0.25, 0.3) is 0 Å². The first-order chi connectivity index (χ1) is 13.5. The van der Waals surface area contributed by atoms with Gasteiger partial charge in [-0.25, -0.2) is 9.59 Å². The summed E-state index contributed by atoms with van der Waals surface area (Å²) >= 11 is 0. The molecular weight excluding hydrogens is 362 g/mol. The van der Waals surface area contributed by atoms with Crippen LogP contribution in [0.5, 0.6) is 0 Å².